The molecule has 5 nitrogen and oxygen atoms in total. The van der Waals surface area contributed by atoms with E-state index in [-0.39, 0.29) is 18.4 Å². The van der Waals surface area contributed by atoms with E-state index in [9.17, 15) is 9.59 Å². The molecule has 0 aliphatic carbocycles. The quantitative estimate of drug-likeness (QED) is 0.757. The van der Waals surface area contributed by atoms with Gasteiger partial charge in [0.2, 0.25) is 5.91 Å². The zero-order chi connectivity index (χ0) is 17.1. The van der Waals surface area contributed by atoms with Crippen LogP contribution in [0.4, 0.5) is 11.4 Å². The van der Waals surface area contributed by atoms with E-state index in [1.54, 1.807) is 18.2 Å². The van der Waals surface area contributed by atoms with Crippen LogP contribution in [-0.2, 0) is 9.59 Å². The maximum Gasteiger partial charge on any atom is 0.262 e. The van der Waals surface area contributed by atoms with Gasteiger partial charge < -0.3 is 15.4 Å². The van der Waals surface area contributed by atoms with Gasteiger partial charge in [-0.1, -0.05) is 15.9 Å². The highest BCUT2D eigenvalue weighted by Crippen LogP contribution is 2.31. The molecule has 0 saturated heterocycles. The molecular weight excluding hydrogens is 392 g/mol. The van der Waals surface area contributed by atoms with Crippen molar-refractivity contribution in [2.45, 2.75) is 11.8 Å². The third-order valence-electron chi connectivity index (χ3n) is 3.39. The summed E-state index contributed by atoms with van der Waals surface area (Å²) in [5, 5.41) is 5.55. The van der Waals surface area contributed by atoms with Crippen LogP contribution in [0.3, 0.4) is 0 Å². The number of amides is 2. The number of fused-ring (bicyclic) bond motifs is 1. The van der Waals surface area contributed by atoms with Gasteiger partial charge in [-0.05, 0) is 48.9 Å². The number of carbonyl (C=O) groups is 2. The SMILES string of the molecule is Cc1cc(Br)ccc1SCC(=O)Nc1ccc2c(c1)NC(=O)CO2. The first-order valence-electron chi connectivity index (χ1n) is 7.27. The third-order valence-corrected chi connectivity index (χ3v) is 5.06. The highest BCUT2D eigenvalue weighted by Gasteiger charge is 2.16. The normalized spacial score (nSPS) is 12.8. The second kappa shape index (κ2) is 7.27. The van der Waals surface area contributed by atoms with Gasteiger partial charge in [0.25, 0.3) is 5.91 Å². The van der Waals surface area contributed by atoms with Crippen molar-refractivity contribution in [3.63, 3.8) is 0 Å². The van der Waals surface area contributed by atoms with Gasteiger partial charge in [0.05, 0.1) is 11.4 Å². The Labute approximate surface area is 152 Å². The zero-order valence-corrected chi connectivity index (χ0v) is 15.3. The van der Waals surface area contributed by atoms with E-state index in [0.29, 0.717) is 22.9 Å². The Balaban J connectivity index is 1.61. The standard InChI is InChI=1S/C17H15BrN2O3S/c1-10-6-11(18)2-5-15(10)24-9-17(22)19-12-3-4-14-13(7-12)20-16(21)8-23-14/h2-7H,8-9H2,1H3,(H,19,22)(H,20,21). The van der Waals surface area contributed by atoms with Crippen LogP contribution in [-0.4, -0.2) is 24.2 Å². The lowest BCUT2D eigenvalue weighted by Crippen LogP contribution is -2.25. The number of benzene rings is 2. The largest absolute Gasteiger partial charge is 0.482 e. The Morgan fingerprint density at radius 3 is 2.96 bits per heavy atom. The molecule has 3 rings (SSSR count). The number of aryl methyl sites for hydroxylation is 1. The van der Waals surface area contributed by atoms with E-state index in [4.69, 9.17) is 4.74 Å². The van der Waals surface area contributed by atoms with Crippen molar-refractivity contribution in [1.29, 1.82) is 0 Å². The number of ether oxygens (including phenoxy) is 1. The summed E-state index contributed by atoms with van der Waals surface area (Å²) in [6.07, 6.45) is 0. The molecule has 0 fully saturated rings. The van der Waals surface area contributed by atoms with Gasteiger partial charge >= 0.3 is 0 Å². The minimum absolute atomic E-state index is 0.0158. The molecule has 2 amide bonds. The van der Waals surface area contributed by atoms with Gasteiger partial charge in [-0.3, -0.25) is 9.59 Å². The number of carbonyl (C=O) groups excluding carboxylic acids is 2. The Kier molecular flexibility index (Phi) is 5.11. The summed E-state index contributed by atoms with van der Waals surface area (Å²) in [5.41, 5.74) is 2.31. The summed E-state index contributed by atoms with van der Waals surface area (Å²) < 4.78 is 6.31. The summed E-state index contributed by atoms with van der Waals surface area (Å²) in [5.74, 6) is 0.604. The Bertz CT molecular complexity index is 810. The Morgan fingerprint density at radius 1 is 1.33 bits per heavy atom. The number of nitrogens with one attached hydrogen (secondary N) is 2. The van der Waals surface area contributed by atoms with Crippen molar-refractivity contribution < 1.29 is 14.3 Å². The van der Waals surface area contributed by atoms with Crippen LogP contribution in [0, 0.1) is 6.92 Å². The minimum atomic E-state index is -0.202. The number of thioether (sulfide) groups is 1. The molecule has 0 atom stereocenters. The van der Waals surface area contributed by atoms with Crippen LogP contribution in [0.1, 0.15) is 5.56 Å². The van der Waals surface area contributed by atoms with Crippen molar-refractivity contribution in [2.75, 3.05) is 23.0 Å². The molecular formula is C17H15BrN2O3S. The molecule has 7 heteroatoms. The van der Waals surface area contributed by atoms with E-state index in [2.05, 4.69) is 26.6 Å². The predicted molar refractivity (Wildman–Crippen MR) is 98.8 cm³/mol. The van der Waals surface area contributed by atoms with Crippen LogP contribution < -0.4 is 15.4 Å². The van der Waals surface area contributed by atoms with Gasteiger partial charge in [0.1, 0.15) is 5.75 Å². The molecule has 24 heavy (non-hydrogen) atoms. The number of hydrogen-bond donors (Lipinski definition) is 2. The van der Waals surface area contributed by atoms with Gasteiger partial charge in [0.15, 0.2) is 6.61 Å². The summed E-state index contributed by atoms with van der Waals surface area (Å²) >= 11 is 4.91. The predicted octanol–water partition coefficient (Wildman–Crippen LogP) is 3.82. The van der Waals surface area contributed by atoms with Crippen LogP contribution in [0.2, 0.25) is 0 Å². The van der Waals surface area contributed by atoms with E-state index in [1.807, 2.05) is 25.1 Å². The lowest BCUT2D eigenvalue weighted by Gasteiger charge is -2.18. The van der Waals surface area contributed by atoms with E-state index in [0.717, 1.165) is 14.9 Å². The summed E-state index contributed by atoms with van der Waals surface area (Å²) in [7, 11) is 0. The summed E-state index contributed by atoms with van der Waals surface area (Å²) in [4.78, 5) is 24.5. The molecule has 1 aliphatic rings. The maximum absolute atomic E-state index is 12.1. The maximum atomic E-state index is 12.1. The van der Waals surface area contributed by atoms with Crippen molar-refractivity contribution >= 4 is 50.9 Å². The Morgan fingerprint density at radius 2 is 2.17 bits per heavy atom. The molecule has 0 bridgehead atoms. The molecule has 0 unspecified atom stereocenters. The van der Waals surface area contributed by atoms with Crippen LogP contribution in [0.5, 0.6) is 5.75 Å². The topological polar surface area (TPSA) is 67.4 Å². The molecule has 0 spiro atoms. The van der Waals surface area contributed by atoms with E-state index >= 15 is 0 Å². The summed E-state index contributed by atoms with van der Waals surface area (Å²) in [6.45, 7) is 2.03. The molecule has 0 aromatic heterocycles. The molecule has 0 saturated carbocycles. The average Bonchev–Trinajstić information content (AvgIpc) is 2.53. The molecule has 124 valence electrons. The molecule has 2 N–H and O–H groups in total. The highest BCUT2D eigenvalue weighted by atomic mass is 79.9. The minimum Gasteiger partial charge on any atom is -0.482 e. The first-order chi connectivity index (χ1) is 11.5. The molecule has 2 aromatic rings. The second-order valence-electron chi connectivity index (χ2n) is 5.29. The highest BCUT2D eigenvalue weighted by molar-refractivity contribution is 9.10. The van der Waals surface area contributed by atoms with E-state index in [1.165, 1.54) is 11.8 Å². The molecule has 2 aromatic carbocycles. The number of halogens is 1. The first kappa shape index (κ1) is 16.9. The second-order valence-corrected chi connectivity index (χ2v) is 7.23. The van der Waals surface area contributed by atoms with Crippen molar-refractivity contribution in [1.82, 2.24) is 0 Å². The lowest BCUT2D eigenvalue weighted by atomic mass is 10.2. The van der Waals surface area contributed by atoms with Gasteiger partial charge in [0, 0.05) is 15.1 Å². The van der Waals surface area contributed by atoms with Crippen LogP contribution in [0.15, 0.2) is 45.8 Å². The Hall–Kier alpha value is -1.99. The van der Waals surface area contributed by atoms with Gasteiger partial charge in [-0.15, -0.1) is 11.8 Å². The number of anilines is 2. The number of hydrogen-bond acceptors (Lipinski definition) is 4. The molecule has 1 heterocycles. The lowest BCUT2D eigenvalue weighted by molar-refractivity contribution is -0.118. The molecule has 0 radical (unpaired) electrons. The fraction of sp³-hybridized carbons (Fsp3) is 0.176. The third kappa shape index (κ3) is 4.10. The zero-order valence-electron chi connectivity index (χ0n) is 12.9. The van der Waals surface area contributed by atoms with Gasteiger partial charge in [-0.25, -0.2) is 0 Å². The number of rotatable bonds is 4. The van der Waals surface area contributed by atoms with E-state index < -0.39 is 0 Å². The van der Waals surface area contributed by atoms with Crippen molar-refractivity contribution in [2.24, 2.45) is 0 Å². The molecule has 1 aliphatic heterocycles. The average molecular weight is 407 g/mol. The van der Waals surface area contributed by atoms with Crippen LogP contribution in [0.25, 0.3) is 0 Å². The smallest absolute Gasteiger partial charge is 0.262 e. The summed E-state index contributed by atoms with van der Waals surface area (Å²) in [6, 6.07) is 11.1. The first-order valence-corrected chi connectivity index (χ1v) is 9.04. The fourth-order valence-corrected chi connectivity index (χ4v) is 3.56. The fourth-order valence-electron chi connectivity index (χ4n) is 2.28. The van der Waals surface area contributed by atoms with Crippen molar-refractivity contribution in [3.05, 3.63) is 46.4 Å². The van der Waals surface area contributed by atoms with Gasteiger partial charge in [-0.2, -0.15) is 0 Å². The van der Waals surface area contributed by atoms with Crippen LogP contribution >= 0.6 is 27.7 Å². The van der Waals surface area contributed by atoms with Crippen molar-refractivity contribution in [3.8, 4) is 5.75 Å². The monoisotopic (exact) mass is 406 g/mol.